The third-order valence-electron chi connectivity index (χ3n) is 5.88. The lowest BCUT2D eigenvalue weighted by Gasteiger charge is -2.14. The maximum absolute atomic E-state index is 13.4. The van der Waals surface area contributed by atoms with Crippen molar-refractivity contribution in [1.82, 2.24) is 5.32 Å². The van der Waals surface area contributed by atoms with Crippen molar-refractivity contribution in [3.8, 4) is 0 Å². The molecule has 0 bridgehead atoms. The van der Waals surface area contributed by atoms with E-state index in [1.807, 2.05) is 46.8 Å². The zero-order chi connectivity index (χ0) is 30.2. The molecule has 1 aliphatic carbocycles. The molecule has 216 valence electrons. The topological polar surface area (TPSA) is 106 Å². The minimum atomic E-state index is -0.829. The number of nitrogens with zero attached hydrogens (tertiary/aromatic N) is 2. The van der Waals surface area contributed by atoms with E-state index in [-0.39, 0.29) is 37.0 Å². The van der Waals surface area contributed by atoms with Crippen LogP contribution in [0.5, 0.6) is 0 Å². The van der Waals surface area contributed by atoms with Gasteiger partial charge < -0.3 is 14.8 Å². The Morgan fingerprint density at radius 1 is 1.20 bits per heavy atom. The monoisotopic (exact) mass is 569 g/mol. The lowest BCUT2D eigenvalue weighted by atomic mass is 9.90. The minimum absolute atomic E-state index is 0.106. The van der Waals surface area contributed by atoms with Gasteiger partial charge in [0.15, 0.2) is 5.78 Å². The maximum atomic E-state index is 13.4. The van der Waals surface area contributed by atoms with Crippen LogP contribution in [-0.4, -0.2) is 51.0 Å². The van der Waals surface area contributed by atoms with Gasteiger partial charge in [-0.15, -0.1) is 0 Å². The number of aryl methyl sites for hydroxylation is 3. The van der Waals surface area contributed by atoms with Crippen LogP contribution in [0.15, 0.2) is 62.9 Å². The van der Waals surface area contributed by atoms with Crippen molar-refractivity contribution in [2.24, 2.45) is 15.9 Å². The number of hydrogen-bond donors (Lipinski definition) is 1. The molecule has 1 aromatic rings. The number of benzene rings is 1. The molecule has 0 spiro atoms. The molecule has 0 aliphatic heterocycles. The van der Waals surface area contributed by atoms with Crippen LogP contribution in [0.3, 0.4) is 0 Å². The van der Waals surface area contributed by atoms with E-state index < -0.39 is 12.1 Å². The number of carbonyl (C=O) groups excluding carboxylic acids is 3. The summed E-state index contributed by atoms with van der Waals surface area (Å²) in [7, 11) is 1.69. The molecule has 0 radical (unpaired) electrons. The number of carbonyl (C=O) groups is 3. The van der Waals surface area contributed by atoms with E-state index in [2.05, 4.69) is 22.0 Å². The molecule has 1 N–H and O–H groups in total. The summed E-state index contributed by atoms with van der Waals surface area (Å²) in [6.45, 7) is 15.1. The maximum Gasteiger partial charge on any atom is 0.513 e. The van der Waals surface area contributed by atoms with Gasteiger partial charge in [-0.1, -0.05) is 47.5 Å². The number of halogens is 1. The number of nitrogens with one attached hydrogen (secondary N) is 1. The molecule has 0 heterocycles. The van der Waals surface area contributed by atoms with Crippen molar-refractivity contribution in [3.63, 3.8) is 0 Å². The van der Waals surface area contributed by atoms with Crippen molar-refractivity contribution in [3.05, 3.63) is 75.2 Å². The van der Waals surface area contributed by atoms with Crippen molar-refractivity contribution in [2.45, 2.75) is 54.4 Å². The highest BCUT2D eigenvalue weighted by Gasteiger charge is 2.37. The van der Waals surface area contributed by atoms with Crippen molar-refractivity contribution < 1.29 is 23.9 Å². The summed E-state index contributed by atoms with van der Waals surface area (Å²) < 4.78 is 10.4. The molecule has 0 saturated heterocycles. The first kappa shape index (κ1) is 34.2. The van der Waals surface area contributed by atoms with Gasteiger partial charge in [-0.2, -0.15) is 0 Å². The lowest BCUT2D eigenvalue weighted by molar-refractivity contribution is -0.119. The van der Waals surface area contributed by atoms with Gasteiger partial charge in [0.25, 0.3) is 5.91 Å². The Balaban J connectivity index is 0.00000101. The Bertz CT molecular complexity index is 1220. The van der Waals surface area contributed by atoms with Crippen LogP contribution in [0.4, 0.5) is 4.79 Å². The summed E-state index contributed by atoms with van der Waals surface area (Å²) in [5.74, 6) is -0.587. The fourth-order valence-electron chi connectivity index (χ4n) is 4.21. The van der Waals surface area contributed by atoms with Gasteiger partial charge >= 0.3 is 6.16 Å². The lowest BCUT2D eigenvalue weighted by Crippen LogP contribution is -2.27. The largest absolute Gasteiger partial charge is 0.513 e. The van der Waals surface area contributed by atoms with E-state index in [0.29, 0.717) is 22.8 Å². The van der Waals surface area contributed by atoms with Gasteiger partial charge in [-0.05, 0) is 77.4 Å². The third kappa shape index (κ3) is 10.4. The van der Waals surface area contributed by atoms with Gasteiger partial charge in [-0.3, -0.25) is 19.6 Å². The summed E-state index contributed by atoms with van der Waals surface area (Å²) in [6, 6.07) is 4.00. The van der Waals surface area contributed by atoms with Gasteiger partial charge in [0.2, 0.25) is 0 Å². The Kier molecular flexibility index (Phi) is 15.2. The zero-order valence-electron chi connectivity index (χ0n) is 24.5. The molecule has 1 aromatic carbocycles. The standard InChI is InChI=1S/C26H32N2O5.C5H8ClN/c1-7-9-10-20(27-6)25(30)28-12-11-19-15-21(33-26(31)32-8-2)23(24(19)29)22-17(4)13-16(3)14-18(22)5;1-3-5(6)4-7-2/h7,9-10,13-14,19H,6,8,11-12,15H2,1-5H3,(H,28,30);3-4H,1-2H3/b9-7-,20-10-;5-3+,7-4?. The predicted molar refractivity (Wildman–Crippen MR) is 163 cm³/mol. The Morgan fingerprint density at radius 3 is 2.35 bits per heavy atom. The molecule has 0 aromatic heterocycles. The molecule has 2 rings (SSSR count). The van der Waals surface area contributed by atoms with Crippen LogP contribution in [0.25, 0.3) is 5.57 Å². The average molecular weight is 570 g/mol. The number of amides is 1. The van der Waals surface area contributed by atoms with Crippen LogP contribution in [0.1, 0.15) is 55.9 Å². The second kappa shape index (κ2) is 17.7. The first-order valence-electron chi connectivity index (χ1n) is 13.1. The number of hydrogen-bond acceptors (Lipinski definition) is 7. The molecule has 0 saturated carbocycles. The number of aliphatic imine (C=N–C) groups is 2. The van der Waals surface area contributed by atoms with E-state index in [1.165, 1.54) is 0 Å². The van der Waals surface area contributed by atoms with Crippen LogP contribution < -0.4 is 5.32 Å². The summed E-state index contributed by atoms with van der Waals surface area (Å²) >= 11 is 5.48. The molecule has 0 fully saturated rings. The predicted octanol–water partition coefficient (Wildman–Crippen LogP) is 6.58. The highest BCUT2D eigenvalue weighted by molar-refractivity contribution is 6.39. The van der Waals surface area contributed by atoms with Crippen LogP contribution in [-0.2, 0) is 19.1 Å². The molecule has 1 unspecified atom stereocenters. The SMILES string of the molecule is C/C=C(/Cl)C=NC.C=N/C(=C\C=C/C)C(=O)NCCC1CC(OC(=O)OCC)=C(c2c(C)cc(C)cc2C)C1=O. The fourth-order valence-corrected chi connectivity index (χ4v) is 4.30. The van der Waals surface area contributed by atoms with Gasteiger partial charge in [0.1, 0.15) is 11.5 Å². The number of ether oxygens (including phenoxy) is 2. The summed E-state index contributed by atoms with van der Waals surface area (Å²) in [5, 5.41) is 3.46. The van der Waals surface area contributed by atoms with Crippen LogP contribution in [0, 0.1) is 26.7 Å². The second-order valence-corrected chi connectivity index (χ2v) is 9.40. The third-order valence-corrected chi connectivity index (χ3v) is 6.20. The zero-order valence-corrected chi connectivity index (χ0v) is 25.2. The first-order chi connectivity index (χ1) is 19.0. The van der Waals surface area contributed by atoms with Gasteiger partial charge in [0, 0.05) is 32.1 Å². The van der Waals surface area contributed by atoms with Crippen molar-refractivity contribution >= 4 is 48.0 Å². The summed E-state index contributed by atoms with van der Waals surface area (Å²) in [6.07, 6.45) is 8.25. The van der Waals surface area contributed by atoms with Crippen molar-refractivity contribution in [2.75, 3.05) is 20.2 Å². The minimum Gasteiger partial charge on any atom is -0.434 e. The first-order valence-corrected chi connectivity index (χ1v) is 13.4. The highest BCUT2D eigenvalue weighted by atomic mass is 35.5. The average Bonchev–Trinajstić information content (AvgIpc) is 3.18. The number of rotatable bonds is 10. The van der Waals surface area contributed by atoms with E-state index in [0.717, 1.165) is 22.3 Å². The fraction of sp³-hybridized carbons (Fsp3) is 0.387. The van der Waals surface area contributed by atoms with E-state index in [9.17, 15) is 14.4 Å². The summed E-state index contributed by atoms with van der Waals surface area (Å²) in [4.78, 5) is 45.1. The quantitative estimate of drug-likeness (QED) is 0.148. The van der Waals surface area contributed by atoms with E-state index >= 15 is 0 Å². The molecular formula is C31H40ClN3O5. The molecule has 8 nitrogen and oxygen atoms in total. The van der Waals surface area contributed by atoms with Gasteiger partial charge in [-0.25, -0.2) is 4.79 Å². The smallest absolute Gasteiger partial charge is 0.434 e. The van der Waals surface area contributed by atoms with E-state index in [1.54, 1.807) is 44.5 Å². The Labute approximate surface area is 242 Å². The van der Waals surface area contributed by atoms with Crippen LogP contribution in [0.2, 0.25) is 0 Å². The number of ketones is 1. The van der Waals surface area contributed by atoms with E-state index in [4.69, 9.17) is 21.1 Å². The molecule has 9 heteroatoms. The van der Waals surface area contributed by atoms with Crippen molar-refractivity contribution in [1.29, 1.82) is 0 Å². The molecular weight excluding hydrogens is 530 g/mol. The summed E-state index contributed by atoms with van der Waals surface area (Å²) in [5.41, 5.74) is 4.35. The molecule has 40 heavy (non-hydrogen) atoms. The number of Topliss-reactive ketones (excluding diaryl/α,β-unsaturated/α-hetero) is 1. The van der Waals surface area contributed by atoms with Gasteiger partial charge in [0.05, 0.1) is 17.2 Å². The molecule has 1 aliphatic rings. The molecule has 1 amide bonds. The second-order valence-electron chi connectivity index (χ2n) is 8.96. The molecule has 1 atom stereocenters. The normalized spacial score (nSPS) is 15.8. The highest BCUT2D eigenvalue weighted by Crippen LogP contribution is 2.40. The van der Waals surface area contributed by atoms with Crippen LogP contribution >= 0.6 is 11.6 Å². The number of allylic oxidation sites excluding steroid dienone is 7. The Hall–Kier alpha value is -3.78. The Morgan fingerprint density at radius 2 is 1.85 bits per heavy atom.